The van der Waals surface area contributed by atoms with Gasteiger partial charge < -0.3 is 5.32 Å². The fraction of sp³-hybridized carbons (Fsp3) is 0.500. The van der Waals surface area contributed by atoms with Crippen molar-refractivity contribution >= 4 is 27.3 Å². The Hall–Kier alpha value is -1.77. The molecule has 1 heterocycles. The molecule has 0 saturated heterocycles. The summed E-state index contributed by atoms with van der Waals surface area (Å²) in [6.07, 6.45) is 6.38. The van der Waals surface area contributed by atoms with Gasteiger partial charge in [0.25, 0.3) is 5.91 Å². The van der Waals surface area contributed by atoms with Crippen LogP contribution in [-0.2, 0) is 29.3 Å². The molecule has 0 spiro atoms. The molecule has 28 heavy (non-hydrogen) atoms. The average molecular weight is 422 g/mol. The smallest absolute Gasteiger partial charge is 0.251 e. The number of rotatable bonds is 7. The number of thiazole rings is 1. The number of fused-ring (bicyclic) bond motifs is 1. The second kappa shape index (κ2) is 8.71. The second-order valence-corrected chi connectivity index (χ2v) is 10.2. The van der Waals surface area contributed by atoms with Crippen LogP contribution in [-0.4, -0.2) is 32.9 Å². The molecule has 1 aromatic heterocycles. The number of carbonyl (C=O) groups excluding carboxylic acids is 1. The zero-order valence-corrected chi connectivity index (χ0v) is 18.2. The molecule has 0 saturated carbocycles. The number of aromatic nitrogens is 1. The number of hydrogen-bond acceptors (Lipinski definition) is 5. The van der Waals surface area contributed by atoms with E-state index in [1.54, 1.807) is 24.3 Å². The van der Waals surface area contributed by atoms with E-state index in [1.807, 2.05) is 6.92 Å². The fourth-order valence-corrected chi connectivity index (χ4v) is 5.67. The summed E-state index contributed by atoms with van der Waals surface area (Å²) in [5, 5.41) is 4.04. The SMILES string of the molecule is CNS(=O)(=O)c1cc(C(=O)NCCCc2nc3c(s2)CCCC3)cc(C)c1C. The molecule has 2 aromatic rings. The Morgan fingerprint density at radius 1 is 1.21 bits per heavy atom. The number of amides is 1. The number of nitrogens with zero attached hydrogens (tertiary/aromatic N) is 1. The van der Waals surface area contributed by atoms with Gasteiger partial charge in [-0.1, -0.05) is 0 Å². The molecular formula is C20H27N3O3S2. The van der Waals surface area contributed by atoms with Crippen molar-refractivity contribution in [2.75, 3.05) is 13.6 Å². The van der Waals surface area contributed by atoms with Crippen molar-refractivity contribution < 1.29 is 13.2 Å². The van der Waals surface area contributed by atoms with E-state index in [1.165, 1.54) is 36.5 Å². The molecule has 0 aliphatic heterocycles. The lowest BCUT2D eigenvalue weighted by molar-refractivity contribution is 0.0953. The Morgan fingerprint density at radius 3 is 2.68 bits per heavy atom. The minimum Gasteiger partial charge on any atom is -0.352 e. The van der Waals surface area contributed by atoms with Gasteiger partial charge in [-0.05, 0) is 76.3 Å². The zero-order chi connectivity index (χ0) is 20.3. The highest BCUT2D eigenvalue weighted by Crippen LogP contribution is 2.27. The lowest BCUT2D eigenvalue weighted by Crippen LogP contribution is -2.26. The van der Waals surface area contributed by atoms with Crippen LogP contribution in [0.4, 0.5) is 0 Å². The van der Waals surface area contributed by atoms with Crippen molar-refractivity contribution in [3.8, 4) is 0 Å². The summed E-state index contributed by atoms with van der Waals surface area (Å²) in [7, 11) is -2.24. The summed E-state index contributed by atoms with van der Waals surface area (Å²) >= 11 is 1.80. The molecule has 1 aliphatic carbocycles. The van der Waals surface area contributed by atoms with Gasteiger partial charge in [0.2, 0.25) is 10.0 Å². The first-order valence-corrected chi connectivity index (χ1v) is 11.9. The fourth-order valence-electron chi connectivity index (χ4n) is 3.40. The number of hydrogen-bond donors (Lipinski definition) is 2. The molecule has 1 aliphatic rings. The summed E-state index contributed by atoms with van der Waals surface area (Å²) in [6.45, 7) is 4.09. The van der Waals surface area contributed by atoms with Crippen molar-refractivity contribution in [2.45, 2.75) is 57.3 Å². The summed E-state index contributed by atoms with van der Waals surface area (Å²) in [6, 6.07) is 3.17. The van der Waals surface area contributed by atoms with Gasteiger partial charge in [-0.15, -0.1) is 11.3 Å². The highest BCUT2D eigenvalue weighted by molar-refractivity contribution is 7.89. The first kappa shape index (κ1) is 21.0. The molecule has 1 amide bonds. The summed E-state index contributed by atoms with van der Waals surface area (Å²) in [4.78, 5) is 18.8. The maximum Gasteiger partial charge on any atom is 0.251 e. The van der Waals surface area contributed by atoms with Gasteiger partial charge >= 0.3 is 0 Å². The highest BCUT2D eigenvalue weighted by Gasteiger charge is 2.19. The quantitative estimate of drug-likeness (QED) is 0.673. The van der Waals surface area contributed by atoms with Gasteiger partial charge in [-0.25, -0.2) is 18.1 Å². The minimum atomic E-state index is -3.61. The molecule has 152 valence electrons. The first-order chi connectivity index (χ1) is 13.3. The van der Waals surface area contributed by atoms with Crippen LogP contribution in [0, 0.1) is 13.8 Å². The van der Waals surface area contributed by atoms with Crippen LogP contribution in [0.2, 0.25) is 0 Å². The van der Waals surface area contributed by atoms with Gasteiger partial charge in [0.05, 0.1) is 15.6 Å². The molecule has 1 aromatic carbocycles. The predicted molar refractivity (Wildman–Crippen MR) is 112 cm³/mol. The van der Waals surface area contributed by atoms with E-state index in [9.17, 15) is 13.2 Å². The third kappa shape index (κ3) is 4.61. The largest absolute Gasteiger partial charge is 0.352 e. The van der Waals surface area contributed by atoms with E-state index in [0.717, 1.165) is 36.3 Å². The molecule has 0 bridgehead atoms. The maximum absolute atomic E-state index is 12.5. The van der Waals surface area contributed by atoms with Gasteiger partial charge in [0.1, 0.15) is 0 Å². The number of nitrogens with one attached hydrogen (secondary N) is 2. The minimum absolute atomic E-state index is 0.147. The molecule has 3 rings (SSSR count). The average Bonchev–Trinajstić information content (AvgIpc) is 3.09. The Kier molecular flexibility index (Phi) is 6.52. The van der Waals surface area contributed by atoms with Gasteiger partial charge in [0.15, 0.2) is 0 Å². The van der Waals surface area contributed by atoms with Crippen LogP contribution in [0.3, 0.4) is 0 Å². The Morgan fingerprint density at radius 2 is 1.96 bits per heavy atom. The van der Waals surface area contributed by atoms with Crippen LogP contribution in [0.1, 0.15) is 56.3 Å². The van der Waals surface area contributed by atoms with Crippen molar-refractivity contribution in [3.05, 3.63) is 44.4 Å². The van der Waals surface area contributed by atoms with E-state index in [2.05, 4.69) is 10.0 Å². The summed E-state index contributed by atoms with van der Waals surface area (Å²) < 4.78 is 26.7. The van der Waals surface area contributed by atoms with Crippen molar-refractivity contribution in [1.82, 2.24) is 15.0 Å². The first-order valence-electron chi connectivity index (χ1n) is 9.62. The predicted octanol–water partition coefficient (Wildman–Crippen LogP) is 2.91. The van der Waals surface area contributed by atoms with E-state index in [-0.39, 0.29) is 10.8 Å². The van der Waals surface area contributed by atoms with Crippen LogP contribution in [0.15, 0.2) is 17.0 Å². The molecule has 0 atom stereocenters. The highest BCUT2D eigenvalue weighted by atomic mass is 32.2. The molecule has 0 fully saturated rings. The Labute approximate surface area is 170 Å². The van der Waals surface area contributed by atoms with Crippen LogP contribution >= 0.6 is 11.3 Å². The Balaban J connectivity index is 1.60. The number of sulfonamides is 1. The second-order valence-electron chi connectivity index (χ2n) is 7.17. The molecule has 0 unspecified atom stereocenters. The molecule has 0 radical (unpaired) electrons. The van der Waals surface area contributed by atoms with E-state index in [0.29, 0.717) is 17.7 Å². The van der Waals surface area contributed by atoms with Crippen molar-refractivity contribution in [2.24, 2.45) is 0 Å². The van der Waals surface area contributed by atoms with Crippen molar-refractivity contribution in [1.29, 1.82) is 0 Å². The molecule has 6 nitrogen and oxygen atoms in total. The van der Waals surface area contributed by atoms with Crippen molar-refractivity contribution in [3.63, 3.8) is 0 Å². The van der Waals surface area contributed by atoms with E-state index >= 15 is 0 Å². The van der Waals surface area contributed by atoms with Crippen LogP contribution < -0.4 is 10.0 Å². The summed E-state index contributed by atoms with van der Waals surface area (Å²) in [5.74, 6) is -0.255. The monoisotopic (exact) mass is 421 g/mol. The number of benzene rings is 1. The Bertz CT molecular complexity index is 957. The standard InChI is InChI=1S/C20H27N3O3S2/c1-13-11-15(12-18(14(13)2)28(25,26)21-3)20(24)22-10-6-9-19-23-16-7-4-5-8-17(16)27-19/h11-12,21H,4-10H2,1-3H3,(H,22,24). The maximum atomic E-state index is 12.5. The normalized spacial score (nSPS) is 14.0. The van der Waals surface area contributed by atoms with E-state index < -0.39 is 10.0 Å². The molecule has 8 heteroatoms. The number of carbonyl (C=O) groups is 1. The zero-order valence-electron chi connectivity index (χ0n) is 16.6. The third-order valence-corrected chi connectivity index (χ3v) is 7.94. The van der Waals surface area contributed by atoms with E-state index in [4.69, 9.17) is 4.98 Å². The topological polar surface area (TPSA) is 88.2 Å². The third-order valence-electron chi connectivity index (χ3n) is 5.18. The van der Waals surface area contributed by atoms with Gasteiger partial charge in [-0.3, -0.25) is 4.79 Å². The van der Waals surface area contributed by atoms with Gasteiger partial charge in [0, 0.05) is 23.4 Å². The number of aryl methyl sites for hydroxylation is 4. The lowest BCUT2D eigenvalue weighted by Gasteiger charge is -2.12. The molecule has 2 N–H and O–H groups in total. The lowest BCUT2D eigenvalue weighted by atomic mass is 10.0. The molecular weight excluding hydrogens is 394 g/mol. The van der Waals surface area contributed by atoms with Crippen LogP contribution in [0.5, 0.6) is 0 Å². The summed E-state index contributed by atoms with van der Waals surface area (Å²) in [5.41, 5.74) is 3.05. The van der Waals surface area contributed by atoms with Crippen LogP contribution in [0.25, 0.3) is 0 Å². The van der Waals surface area contributed by atoms with Gasteiger partial charge in [-0.2, -0.15) is 0 Å².